The molecule has 3 N–H and O–H groups in total. The van der Waals surface area contributed by atoms with Crippen molar-refractivity contribution in [1.82, 2.24) is 25.1 Å². The molecule has 0 aliphatic carbocycles. The predicted octanol–water partition coefficient (Wildman–Crippen LogP) is 5.32. The molecule has 3 heterocycles. The molecule has 0 radical (unpaired) electrons. The minimum absolute atomic E-state index is 0.0906. The van der Waals surface area contributed by atoms with Gasteiger partial charge in [-0.3, -0.25) is 10.2 Å². The number of allylic oxidation sites excluding steroid dienone is 5. The van der Waals surface area contributed by atoms with Crippen LogP contribution in [0.2, 0.25) is 0 Å². The lowest BCUT2D eigenvalue weighted by Crippen LogP contribution is -2.42. The first-order valence-corrected chi connectivity index (χ1v) is 14.2. The molecule has 1 atom stereocenters. The number of amidine groups is 1. The van der Waals surface area contributed by atoms with Gasteiger partial charge in [0, 0.05) is 37.3 Å². The lowest BCUT2D eigenvalue weighted by Gasteiger charge is -2.36. The number of ether oxygens (including phenoxy) is 1. The van der Waals surface area contributed by atoms with E-state index in [0.717, 1.165) is 48.5 Å². The van der Waals surface area contributed by atoms with Crippen LogP contribution in [-0.2, 0) is 9.53 Å². The number of hydrogen-bond acceptors (Lipinski definition) is 5. The summed E-state index contributed by atoms with van der Waals surface area (Å²) in [6.07, 6.45) is 12.9. The Bertz CT molecular complexity index is 1320. The molecule has 9 heteroatoms. The standard InChI is InChI=1S/C32H41FN6O2/c1-22(2)36-32(40)25-13-15-38(16-14-25)24(4)8-5-7-23(3)28-20-35-31(37-28)12-11-30(34)39-17-18-41-21-29(39)26-9-6-10-27(33)19-26/h5-12,19-20,22,25,29,34H,3,13-18,21H2,1-2,4H3,(H,35,37)(H,36,40)/b7-5-,12-11-,24-8+,34-30?. The summed E-state index contributed by atoms with van der Waals surface area (Å²) in [4.78, 5) is 24.2. The second-order valence-electron chi connectivity index (χ2n) is 10.9. The summed E-state index contributed by atoms with van der Waals surface area (Å²) in [5.74, 6) is 0.881. The van der Waals surface area contributed by atoms with Gasteiger partial charge in [0.05, 0.1) is 31.1 Å². The summed E-state index contributed by atoms with van der Waals surface area (Å²) in [7, 11) is 0. The summed E-state index contributed by atoms with van der Waals surface area (Å²) in [5, 5.41) is 11.6. The Labute approximate surface area is 242 Å². The van der Waals surface area contributed by atoms with Crippen LogP contribution in [0.15, 0.2) is 67.0 Å². The third-order valence-corrected chi connectivity index (χ3v) is 7.44. The van der Waals surface area contributed by atoms with E-state index in [1.807, 2.05) is 37.0 Å². The van der Waals surface area contributed by atoms with Crippen LogP contribution in [0.3, 0.4) is 0 Å². The number of nitrogens with one attached hydrogen (secondary N) is 3. The fourth-order valence-corrected chi connectivity index (χ4v) is 5.12. The minimum Gasteiger partial charge on any atom is -0.377 e. The second-order valence-corrected chi connectivity index (χ2v) is 10.9. The third-order valence-electron chi connectivity index (χ3n) is 7.44. The Morgan fingerprint density at radius 1 is 1.27 bits per heavy atom. The van der Waals surface area contributed by atoms with Crippen molar-refractivity contribution in [1.29, 1.82) is 5.41 Å². The van der Waals surface area contributed by atoms with E-state index in [-0.39, 0.29) is 29.7 Å². The first-order valence-electron chi connectivity index (χ1n) is 14.2. The van der Waals surface area contributed by atoms with Crippen molar-refractivity contribution >= 4 is 23.4 Å². The minimum atomic E-state index is -0.300. The van der Waals surface area contributed by atoms with E-state index in [9.17, 15) is 9.18 Å². The molecule has 4 rings (SSSR count). The van der Waals surface area contributed by atoms with Gasteiger partial charge in [-0.25, -0.2) is 9.37 Å². The number of piperidine rings is 1. The maximum absolute atomic E-state index is 13.8. The van der Waals surface area contributed by atoms with Gasteiger partial charge in [-0.2, -0.15) is 0 Å². The molecule has 41 heavy (non-hydrogen) atoms. The van der Waals surface area contributed by atoms with Crippen molar-refractivity contribution in [2.75, 3.05) is 32.8 Å². The van der Waals surface area contributed by atoms with Crippen molar-refractivity contribution in [2.24, 2.45) is 5.92 Å². The lowest BCUT2D eigenvalue weighted by molar-refractivity contribution is -0.126. The fourth-order valence-electron chi connectivity index (χ4n) is 5.12. The van der Waals surface area contributed by atoms with E-state index in [4.69, 9.17) is 10.1 Å². The molecule has 0 spiro atoms. The van der Waals surface area contributed by atoms with Crippen LogP contribution >= 0.6 is 0 Å². The monoisotopic (exact) mass is 560 g/mol. The molecular weight excluding hydrogens is 519 g/mol. The number of rotatable bonds is 9. The average molecular weight is 561 g/mol. The largest absolute Gasteiger partial charge is 0.377 e. The Kier molecular flexibility index (Phi) is 10.3. The lowest BCUT2D eigenvalue weighted by atomic mass is 9.95. The van der Waals surface area contributed by atoms with Crippen LogP contribution in [0.5, 0.6) is 0 Å². The summed E-state index contributed by atoms with van der Waals surface area (Å²) >= 11 is 0. The number of hydrogen-bond donors (Lipinski definition) is 3. The third kappa shape index (κ3) is 8.27. The number of carbonyl (C=O) groups is 1. The zero-order valence-electron chi connectivity index (χ0n) is 24.2. The first kappa shape index (κ1) is 30.0. The van der Waals surface area contributed by atoms with Crippen LogP contribution in [-0.4, -0.2) is 70.4 Å². The Hall–Kier alpha value is -3.98. The van der Waals surface area contributed by atoms with Gasteiger partial charge in [0.2, 0.25) is 5.91 Å². The number of likely N-dealkylation sites (tertiary alicyclic amines) is 1. The van der Waals surface area contributed by atoms with Gasteiger partial charge in [0.1, 0.15) is 17.5 Å². The second kappa shape index (κ2) is 14.1. The molecule has 0 bridgehead atoms. The average Bonchev–Trinajstić information content (AvgIpc) is 3.45. The molecule has 218 valence electrons. The summed E-state index contributed by atoms with van der Waals surface area (Å²) in [6.45, 7) is 13.4. The van der Waals surface area contributed by atoms with E-state index in [2.05, 4.69) is 39.8 Å². The van der Waals surface area contributed by atoms with Crippen molar-refractivity contribution in [3.63, 3.8) is 0 Å². The normalized spacial score (nSPS) is 19.0. The molecule has 1 amide bonds. The number of aromatic nitrogens is 2. The molecule has 2 fully saturated rings. The number of amides is 1. The van der Waals surface area contributed by atoms with Gasteiger partial charge >= 0.3 is 0 Å². The summed E-state index contributed by atoms with van der Waals surface area (Å²) in [5.41, 5.74) is 3.52. The van der Waals surface area contributed by atoms with Crippen LogP contribution in [0.1, 0.15) is 56.7 Å². The zero-order chi connectivity index (χ0) is 29.4. The van der Waals surface area contributed by atoms with Gasteiger partial charge in [-0.1, -0.05) is 30.9 Å². The van der Waals surface area contributed by atoms with Crippen molar-refractivity contribution in [3.05, 3.63) is 89.9 Å². The quantitative estimate of drug-likeness (QED) is 0.219. The van der Waals surface area contributed by atoms with E-state index in [1.54, 1.807) is 24.4 Å². The molecule has 2 aliphatic heterocycles. The smallest absolute Gasteiger partial charge is 0.223 e. The number of nitrogens with zero attached hydrogens (tertiary/aromatic N) is 3. The van der Waals surface area contributed by atoms with Crippen LogP contribution in [0.4, 0.5) is 4.39 Å². The fraction of sp³-hybridized carbons (Fsp3) is 0.406. The summed E-state index contributed by atoms with van der Waals surface area (Å²) < 4.78 is 19.4. The van der Waals surface area contributed by atoms with E-state index in [0.29, 0.717) is 31.4 Å². The van der Waals surface area contributed by atoms with E-state index in [1.165, 1.54) is 12.1 Å². The van der Waals surface area contributed by atoms with E-state index < -0.39 is 0 Å². The van der Waals surface area contributed by atoms with Gasteiger partial charge in [0.25, 0.3) is 0 Å². The molecule has 1 unspecified atom stereocenters. The number of aromatic amines is 1. The van der Waals surface area contributed by atoms with Crippen molar-refractivity contribution < 1.29 is 13.9 Å². The maximum Gasteiger partial charge on any atom is 0.223 e. The van der Waals surface area contributed by atoms with Crippen LogP contribution in [0, 0.1) is 17.1 Å². The molecule has 0 saturated carbocycles. The zero-order valence-corrected chi connectivity index (χ0v) is 24.2. The number of benzene rings is 1. The van der Waals surface area contributed by atoms with Crippen molar-refractivity contribution in [3.8, 4) is 0 Å². The van der Waals surface area contributed by atoms with Crippen LogP contribution < -0.4 is 5.32 Å². The topological polar surface area (TPSA) is 97.3 Å². The molecule has 2 aliphatic rings. The van der Waals surface area contributed by atoms with Crippen LogP contribution in [0.25, 0.3) is 11.6 Å². The molecular formula is C32H41FN6O2. The molecule has 2 aromatic rings. The highest BCUT2D eigenvalue weighted by Crippen LogP contribution is 2.25. The number of imidazole rings is 1. The number of H-pyrrole nitrogens is 1. The maximum atomic E-state index is 13.8. The number of carbonyl (C=O) groups excluding carboxylic acids is 1. The number of halogens is 1. The van der Waals surface area contributed by atoms with Gasteiger partial charge in [-0.05, 0) is 75.1 Å². The van der Waals surface area contributed by atoms with Gasteiger partial charge in [0.15, 0.2) is 0 Å². The Morgan fingerprint density at radius 3 is 2.78 bits per heavy atom. The number of morpholine rings is 1. The molecule has 8 nitrogen and oxygen atoms in total. The van der Waals surface area contributed by atoms with Crippen molar-refractivity contribution in [2.45, 2.75) is 45.7 Å². The highest BCUT2D eigenvalue weighted by molar-refractivity contribution is 5.94. The van der Waals surface area contributed by atoms with Gasteiger partial charge < -0.3 is 24.8 Å². The summed E-state index contributed by atoms with van der Waals surface area (Å²) in [6, 6.07) is 6.40. The highest BCUT2D eigenvalue weighted by Gasteiger charge is 2.26. The first-order chi connectivity index (χ1) is 19.7. The predicted molar refractivity (Wildman–Crippen MR) is 162 cm³/mol. The molecule has 2 saturated heterocycles. The Morgan fingerprint density at radius 2 is 2.05 bits per heavy atom. The van der Waals surface area contributed by atoms with Gasteiger partial charge in [-0.15, -0.1) is 0 Å². The van der Waals surface area contributed by atoms with E-state index >= 15 is 0 Å². The molecule has 1 aromatic heterocycles. The molecule has 1 aromatic carbocycles. The SMILES string of the molecule is C=C(/C=C\C=C(/C)N1CCC(C(=O)NC(C)C)CC1)c1cnc(/C=C\C(=N)N2CCOCC2c2cccc(F)c2)[nH]1. The Balaban J connectivity index is 1.30. The highest BCUT2D eigenvalue weighted by atomic mass is 19.1.